The summed E-state index contributed by atoms with van der Waals surface area (Å²) in [5.41, 5.74) is 3.62. The van der Waals surface area contributed by atoms with Crippen LogP contribution < -0.4 is 16.6 Å². The average molecular weight is 262 g/mol. The molecule has 0 aliphatic heterocycles. The first-order chi connectivity index (χ1) is 9.22. The molecule has 0 aromatic carbocycles. The summed E-state index contributed by atoms with van der Waals surface area (Å²) >= 11 is 0. The van der Waals surface area contributed by atoms with E-state index in [0.717, 1.165) is 18.8 Å². The first-order valence-corrected chi connectivity index (χ1v) is 6.96. The summed E-state index contributed by atoms with van der Waals surface area (Å²) in [5.74, 6) is 5.96. The summed E-state index contributed by atoms with van der Waals surface area (Å²) in [7, 11) is 0. The Morgan fingerprint density at radius 3 is 3.11 bits per heavy atom. The summed E-state index contributed by atoms with van der Waals surface area (Å²) in [5, 5.41) is 3.08. The van der Waals surface area contributed by atoms with Crippen molar-refractivity contribution in [2.45, 2.75) is 45.1 Å². The summed E-state index contributed by atoms with van der Waals surface area (Å²) < 4.78 is 0. The molecule has 1 amide bonds. The number of pyridine rings is 1. The minimum atomic E-state index is -0.112. The van der Waals surface area contributed by atoms with Gasteiger partial charge in [0.05, 0.1) is 5.69 Å². The molecule has 19 heavy (non-hydrogen) atoms. The van der Waals surface area contributed by atoms with Crippen molar-refractivity contribution in [2.24, 2.45) is 11.8 Å². The fraction of sp³-hybridized carbons (Fsp3) is 0.571. The third-order valence-corrected chi connectivity index (χ3v) is 3.85. The van der Waals surface area contributed by atoms with Gasteiger partial charge in [0.25, 0.3) is 5.91 Å². The zero-order valence-electron chi connectivity index (χ0n) is 11.4. The van der Waals surface area contributed by atoms with Crippen molar-refractivity contribution in [3.63, 3.8) is 0 Å². The quantitative estimate of drug-likeness (QED) is 0.573. The molecule has 1 fully saturated rings. The number of aromatic nitrogens is 1. The maximum atomic E-state index is 12.1. The van der Waals surface area contributed by atoms with Gasteiger partial charge >= 0.3 is 0 Å². The van der Waals surface area contributed by atoms with E-state index >= 15 is 0 Å². The normalized spacial score (nSPS) is 22.8. The van der Waals surface area contributed by atoms with Gasteiger partial charge in [-0.1, -0.05) is 26.2 Å². The van der Waals surface area contributed by atoms with E-state index in [9.17, 15) is 4.79 Å². The fourth-order valence-electron chi connectivity index (χ4n) is 2.70. The highest BCUT2D eigenvalue weighted by molar-refractivity contribution is 5.93. The highest BCUT2D eigenvalue weighted by Crippen LogP contribution is 2.26. The molecule has 1 aliphatic carbocycles. The maximum Gasteiger partial charge on any atom is 0.270 e. The van der Waals surface area contributed by atoms with E-state index in [4.69, 9.17) is 5.84 Å². The number of nitrogens with zero attached hydrogens (tertiary/aromatic N) is 1. The number of hydrogen-bond acceptors (Lipinski definition) is 4. The van der Waals surface area contributed by atoms with Crippen molar-refractivity contribution >= 4 is 11.6 Å². The van der Waals surface area contributed by atoms with E-state index in [0.29, 0.717) is 11.4 Å². The van der Waals surface area contributed by atoms with Gasteiger partial charge in [0.1, 0.15) is 5.69 Å². The van der Waals surface area contributed by atoms with Gasteiger partial charge in [-0.15, -0.1) is 0 Å². The molecule has 104 valence electrons. The third-order valence-electron chi connectivity index (χ3n) is 3.85. The van der Waals surface area contributed by atoms with Gasteiger partial charge in [-0.2, -0.15) is 0 Å². The van der Waals surface area contributed by atoms with Crippen LogP contribution in [0.25, 0.3) is 0 Å². The van der Waals surface area contributed by atoms with Gasteiger partial charge in [-0.05, 0) is 30.9 Å². The second kappa shape index (κ2) is 6.52. The molecule has 1 saturated carbocycles. The predicted octanol–water partition coefficient (Wildman–Crippen LogP) is 2.07. The fourth-order valence-corrected chi connectivity index (χ4v) is 2.70. The minimum absolute atomic E-state index is 0.112. The molecule has 0 saturated heterocycles. The van der Waals surface area contributed by atoms with Crippen LogP contribution in [0.4, 0.5) is 5.69 Å². The Hall–Kier alpha value is -1.62. The van der Waals surface area contributed by atoms with Crippen LogP contribution >= 0.6 is 0 Å². The zero-order chi connectivity index (χ0) is 13.7. The first kappa shape index (κ1) is 13.8. The Kier molecular flexibility index (Phi) is 4.74. The largest absolute Gasteiger partial charge is 0.348 e. The number of amides is 1. The Balaban J connectivity index is 1.96. The molecule has 1 heterocycles. The van der Waals surface area contributed by atoms with E-state index in [1.165, 1.54) is 19.3 Å². The monoisotopic (exact) mass is 262 g/mol. The van der Waals surface area contributed by atoms with E-state index < -0.39 is 0 Å². The number of anilines is 1. The molecule has 1 aromatic rings. The van der Waals surface area contributed by atoms with Crippen LogP contribution in [-0.4, -0.2) is 16.9 Å². The minimum Gasteiger partial charge on any atom is -0.348 e. The van der Waals surface area contributed by atoms with Crippen molar-refractivity contribution in [1.82, 2.24) is 10.3 Å². The summed E-state index contributed by atoms with van der Waals surface area (Å²) in [4.78, 5) is 16.2. The number of rotatable bonds is 4. The Labute approximate surface area is 114 Å². The van der Waals surface area contributed by atoms with E-state index in [1.54, 1.807) is 18.3 Å². The lowest BCUT2D eigenvalue weighted by atomic mass is 9.84. The molecule has 2 atom stereocenters. The molecule has 2 unspecified atom stereocenters. The molecule has 4 N–H and O–H groups in total. The van der Waals surface area contributed by atoms with Crippen molar-refractivity contribution in [3.8, 4) is 0 Å². The van der Waals surface area contributed by atoms with Crippen molar-refractivity contribution in [1.29, 1.82) is 0 Å². The second-order valence-corrected chi connectivity index (χ2v) is 5.19. The van der Waals surface area contributed by atoms with Crippen LogP contribution in [0, 0.1) is 5.92 Å². The Bertz CT molecular complexity index is 435. The summed E-state index contributed by atoms with van der Waals surface area (Å²) in [6, 6.07) is 3.67. The van der Waals surface area contributed by atoms with Crippen LogP contribution in [0.5, 0.6) is 0 Å². The van der Waals surface area contributed by atoms with Crippen LogP contribution in [0.2, 0.25) is 0 Å². The lowest BCUT2D eigenvalue weighted by molar-refractivity contribution is 0.0914. The highest BCUT2D eigenvalue weighted by atomic mass is 16.1. The van der Waals surface area contributed by atoms with Gasteiger partial charge in [-0.25, -0.2) is 0 Å². The third kappa shape index (κ3) is 3.67. The second-order valence-electron chi connectivity index (χ2n) is 5.19. The average Bonchev–Trinajstić information content (AvgIpc) is 2.47. The van der Waals surface area contributed by atoms with E-state index in [-0.39, 0.29) is 11.9 Å². The Morgan fingerprint density at radius 1 is 1.53 bits per heavy atom. The van der Waals surface area contributed by atoms with Crippen LogP contribution in [0.3, 0.4) is 0 Å². The van der Waals surface area contributed by atoms with Gasteiger partial charge in [0.15, 0.2) is 0 Å². The van der Waals surface area contributed by atoms with E-state index in [1.807, 2.05) is 0 Å². The van der Waals surface area contributed by atoms with Crippen molar-refractivity contribution in [3.05, 3.63) is 24.0 Å². The lowest BCUT2D eigenvalue weighted by Crippen LogP contribution is -2.38. The lowest BCUT2D eigenvalue weighted by Gasteiger charge is -2.29. The van der Waals surface area contributed by atoms with E-state index in [2.05, 4.69) is 22.7 Å². The molecule has 5 nitrogen and oxygen atoms in total. The number of nitrogen functional groups attached to an aromatic ring is 1. The van der Waals surface area contributed by atoms with Gasteiger partial charge in [-0.3, -0.25) is 15.6 Å². The van der Waals surface area contributed by atoms with Gasteiger partial charge < -0.3 is 10.7 Å². The number of carbonyl (C=O) groups is 1. The van der Waals surface area contributed by atoms with Crippen LogP contribution in [0.15, 0.2) is 18.3 Å². The number of hydrogen-bond donors (Lipinski definition) is 3. The van der Waals surface area contributed by atoms with Gasteiger partial charge in [0, 0.05) is 12.2 Å². The Morgan fingerprint density at radius 2 is 2.37 bits per heavy atom. The number of hydrazine groups is 1. The molecule has 1 aromatic heterocycles. The summed E-state index contributed by atoms with van der Waals surface area (Å²) in [6.45, 7) is 2.22. The topological polar surface area (TPSA) is 80.0 Å². The molecule has 1 aliphatic rings. The number of nitrogens with one attached hydrogen (secondary N) is 2. The maximum absolute atomic E-state index is 12.1. The van der Waals surface area contributed by atoms with Crippen LogP contribution in [0.1, 0.15) is 49.5 Å². The SMILES string of the molecule is CCC1CCCC(NC(=O)c2cc(NN)ccn2)C1. The van der Waals surface area contributed by atoms with Crippen molar-refractivity contribution in [2.75, 3.05) is 5.43 Å². The first-order valence-electron chi connectivity index (χ1n) is 6.96. The summed E-state index contributed by atoms with van der Waals surface area (Å²) in [6.07, 6.45) is 7.40. The number of nitrogens with two attached hydrogens (primary N) is 1. The molecule has 0 radical (unpaired) electrons. The zero-order valence-corrected chi connectivity index (χ0v) is 11.4. The smallest absolute Gasteiger partial charge is 0.270 e. The molecule has 0 bridgehead atoms. The molecule has 2 rings (SSSR count). The predicted molar refractivity (Wildman–Crippen MR) is 75.6 cm³/mol. The number of carbonyl (C=O) groups excluding carboxylic acids is 1. The molecule has 0 spiro atoms. The standard InChI is InChI=1S/C14H22N4O/c1-2-10-4-3-5-11(8-10)17-14(19)13-9-12(18-15)6-7-16-13/h6-7,9-11H,2-5,8,15H2,1H3,(H,16,18)(H,17,19). The molecule has 5 heteroatoms. The highest BCUT2D eigenvalue weighted by Gasteiger charge is 2.22. The van der Waals surface area contributed by atoms with Crippen molar-refractivity contribution < 1.29 is 4.79 Å². The molecular weight excluding hydrogens is 240 g/mol. The van der Waals surface area contributed by atoms with Gasteiger partial charge in [0.2, 0.25) is 0 Å². The molecular formula is C14H22N4O. The van der Waals surface area contributed by atoms with Crippen LogP contribution in [-0.2, 0) is 0 Å².